The molecule has 0 spiro atoms. The Morgan fingerprint density at radius 1 is 1.58 bits per heavy atom. The lowest BCUT2D eigenvalue weighted by atomic mass is 10.1. The van der Waals surface area contributed by atoms with Crippen molar-refractivity contribution in [3.63, 3.8) is 0 Å². The zero-order valence-corrected chi connectivity index (χ0v) is 7.07. The molecule has 4 nitrogen and oxygen atoms in total. The molecule has 1 amide bonds. The molecule has 1 rings (SSSR count). The topological polar surface area (TPSA) is 66.6 Å². The number of likely N-dealkylation sites (tertiary alicyclic amines) is 1. The van der Waals surface area contributed by atoms with E-state index in [2.05, 4.69) is 4.90 Å². The van der Waals surface area contributed by atoms with Crippen LogP contribution in [0.1, 0.15) is 12.8 Å². The Morgan fingerprint density at radius 3 is 2.67 bits per heavy atom. The van der Waals surface area contributed by atoms with Crippen molar-refractivity contribution in [1.29, 1.82) is 0 Å². The van der Waals surface area contributed by atoms with E-state index in [1.165, 1.54) is 6.42 Å². The van der Waals surface area contributed by atoms with Crippen LogP contribution in [0.2, 0.25) is 0 Å². The van der Waals surface area contributed by atoms with E-state index in [4.69, 9.17) is 5.73 Å². The zero-order valence-electron chi connectivity index (χ0n) is 7.07. The zero-order chi connectivity index (χ0) is 8.97. The highest BCUT2D eigenvalue weighted by Crippen LogP contribution is 2.09. The van der Waals surface area contributed by atoms with E-state index < -0.39 is 0 Å². The monoisotopic (exact) mass is 171 g/mol. The van der Waals surface area contributed by atoms with E-state index in [1.54, 1.807) is 0 Å². The fourth-order valence-corrected chi connectivity index (χ4v) is 1.32. The number of nitrogens with zero attached hydrogens (tertiary/aromatic N) is 1. The van der Waals surface area contributed by atoms with Gasteiger partial charge in [0.1, 0.15) is 0 Å². The summed E-state index contributed by atoms with van der Waals surface area (Å²) in [6.07, 6.45) is 2.91. The molecule has 0 bridgehead atoms. The number of primary amides is 1. The normalized spacial score (nSPS) is 21.1. The lowest BCUT2D eigenvalue weighted by Crippen LogP contribution is -2.37. The fourth-order valence-electron chi connectivity index (χ4n) is 1.32. The van der Waals surface area contributed by atoms with Crippen LogP contribution in [0.5, 0.6) is 0 Å². The predicted octanol–water partition coefficient (Wildman–Crippen LogP) is -0.867. The fraction of sp³-hybridized carbons (Fsp3) is 0.750. The molecule has 12 heavy (non-hydrogen) atoms. The summed E-state index contributed by atoms with van der Waals surface area (Å²) < 4.78 is 0. The molecule has 1 fully saturated rings. The molecular weight excluding hydrogens is 156 g/mol. The Morgan fingerprint density at radius 2 is 2.17 bits per heavy atom. The number of amides is 1. The van der Waals surface area contributed by atoms with Crippen molar-refractivity contribution >= 4 is 5.91 Å². The second-order valence-corrected chi connectivity index (χ2v) is 3.14. The number of aliphatic hydroxyl groups is 1. The predicted molar refractivity (Wildman–Crippen MR) is 45.2 cm³/mol. The quantitative estimate of drug-likeness (QED) is 0.580. The van der Waals surface area contributed by atoms with Gasteiger partial charge in [0.25, 0.3) is 0 Å². The number of piperidine rings is 1. The molecule has 1 aliphatic heterocycles. The van der Waals surface area contributed by atoms with Crippen LogP contribution in [0.25, 0.3) is 0 Å². The van der Waals surface area contributed by atoms with Crippen molar-refractivity contribution in [2.45, 2.75) is 18.9 Å². The number of carbonyl (C=O) groups is 1. The van der Waals surface area contributed by atoms with E-state index in [0.29, 0.717) is 6.54 Å². The van der Waals surface area contributed by atoms with E-state index in [0.717, 1.165) is 25.9 Å². The van der Waals surface area contributed by atoms with Gasteiger partial charge in [0.2, 0.25) is 5.91 Å². The average molecular weight is 171 g/mol. The lowest BCUT2D eigenvalue weighted by molar-refractivity contribution is -0.115. The van der Waals surface area contributed by atoms with E-state index in [1.807, 2.05) is 0 Å². The van der Waals surface area contributed by atoms with E-state index in [-0.39, 0.29) is 12.0 Å². The molecule has 0 unspecified atom stereocenters. The largest absolute Gasteiger partial charge is 0.393 e. The highest BCUT2D eigenvalue weighted by atomic mass is 16.3. The molecular formula is C8H15N2O2. The van der Waals surface area contributed by atoms with Crippen LogP contribution in [-0.2, 0) is 4.79 Å². The van der Waals surface area contributed by atoms with Gasteiger partial charge in [-0.15, -0.1) is 0 Å². The second-order valence-electron chi connectivity index (χ2n) is 3.14. The Kier molecular flexibility index (Phi) is 3.49. The van der Waals surface area contributed by atoms with E-state index >= 15 is 0 Å². The molecule has 0 saturated carbocycles. The maximum absolute atomic E-state index is 10.4. The van der Waals surface area contributed by atoms with Gasteiger partial charge < -0.3 is 15.7 Å². The Hall–Kier alpha value is -0.610. The summed E-state index contributed by atoms with van der Waals surface area (Å²) in [5, 5.41) is 9.18. The summed E-state index contributed by atoms with van der Waals surface area (Å²) in [6.45, 7) is 2.32. The van der Waals surface area contributed by atoms with Crippen molar-refractivity contribution in [3.05, 3.63) is 6.42 Å². The minimum Gasteiger partial charge on any atom is -0.393 e. The molecule has 69 valence electrons. The number of rotatable bonds is 3. The molecule has 1 saturated heterocycles. The first-order valence-electron chi connectivity index (χ1n) is 4.21. The van der Waals surface area contributed by atoms with E-state index in [9.17, 15) is 9.90 Å². The third kappa shape index (κ3) is 3.19. The smallest absolute Gasteiger partial charge is 0.222 e. The molecule has 0 atom stereocenters. The average Bonchev–Trinajstić information content (AvgIpc) is 2.03. The molecule has 1 heterocycles. The van der Waals surface area contributed by atoms with Gasteiger partial charge in [-0.3, -0.25) is 4.79 Å². The minimum atomic E-state index is -0.374. The summed E-state index contributed by atoms with van der Waals surface area (Å²) in [5.41, 5.74) is 4.97. The first kappa shape index (κ1) is 9.48. The molecule has 0 aromatic rings. The highest BCUT2D eigenvalue weighted by molar-refractivity contribution is 5.83. The maximum atomic E-state index is 10.4. The van der Waals surface area contributed by atoms with Crippen LogP contribution in [0, 0.1) is 6.42 Å². The Balaban J connectivity index is 2.13. The standard InChI is InChI=1S/C8H15N2O2/c9-8(12)3-6-10-4-1-7(11)2-5-10/h3,7,11H,1-2,4-6H2,(H2,9,12). The van der Waals surface area contributed by atoms with Crippen molar-refractivity contribution in [2.75, 3.05) is 19.6 Å². The molecule has 0 aromatic heterocycles. The maximum Gasteiger partial charge on any atom is 0.222 e. The Labute approximate surface area is 72.3 Å². The van der Waals surface area contributed by atoms with Crippen molar-refractivity contribution in [3.8, 4) is 0 Å². The van der Waals surface area contributed by atoms with Crippen LogP contribution in [0.4, 0.5) is 0 Å². The van der Waals surface area contributed by atoms with Gasteiger partial charge in [-0.05, 0) is 12.8 Å². The molecule has 1 aliphatic rings. The van der Waals surface area contributed by atoms with Crippen LogP contribution in [-0.4, -0.2) is 41.7 Å². The molecule has 1 radical (unpaired) electrons. The number of hydrogen-bond acceptors (Lipinski definition) is 3. The molecule has 3 N–H and O–H groups in total. The third-order valence-electron chi connectivity index (χ3n) is 2.11. The van der Waals surface area contributed by atoms with Crippen LogP contribution >= 0.6 is 0 Å². The summed E-state index contributed by atoms with van der Waals surface area (Å²) in [7, 11) is 0. The summed E-state index contributed by atoms with van der Waals surface area (Å²) in [6, 6.07) is 0. The number of carbonyl (C=O) groups excluding carboxylic acids is 1. The van der Waals surface area contributed by atoms with Crippen LogP contribution in [0.3, 0.4) is 0 Å². The minimum absolute atomic E-state index is 0.158. The number of nitrogens with two attached hydrogens (primary N) is 1. The first-order chi connectivity index (χ1) is 5.68. The van der Waals surface area contributed by atoms with Crippen molar-refractivity contribution in [1.82, 2.24) is 4.90 Å². The van der Waals surface area contributed by atoms with Gasteiger partial charge in [-0.25, -0.2) is 0 Å². The molecule has 0 aromatic carbocycles. The van der Waals surface area contributed by atoms with Crippen LogP contribution < -0.4 is 5.73 Å². The highest BCUT2D eigenvalue weighted by Gasteiger charge is 2.16. The van der Waals surface area contributed by atoms with Gasteiger partial charge in [0.15, 0.2) is 0 Å². The van der Waals surface area contributed by atoms with Gasteiger partial charge in [-0.1, -0.05) is 0 Å². The van der Waals surface area contributed by atoms with Gasteiger partial charge in [0.05, 0.1) is 12.5 Å². The van der Waals surface area contributed by atoms with Gasteiger partial charge in [0, 0.05) is 19.6 Å². The van der Waals surface area contributed by atoms with Crippen molar-refractivity contribution < 1.29 is 9.90 Å². The summed E-state index contributed by atoms with van der Waals surface area (Å²) in [4.78, 5) is 12.5. The number of aliphatic hydroxyl groups excluding tert-OH is 1. The van der Waals surface area contributed by atoms with Crippen LogP contribution in [0.15, 0.2) is 0 Å². The van der Waals surface area contributed by atoms with Gasteiger partial charge in [-0.2, -0.15) is 0 Å². The Bertz CT molecular complexity index is 153. The lowest BCUT2D eigenvalue weighted by Gasteiger charge is -2.28. The van der Waals surface area contributed by atoms with Crippen molar-refractivity contribution in [2.24, 2.45) is 5.73 Å². The third-order valence-corrected chi connectivity index (χ3v) is 2.11. The molecule has 4 heteroatoms. The SMILES string of the molecule is NC(=O)[CH]CN1CCC(O)CC1. The summed E-state index contributed by atoms with van der Waals surface area (Å²) in [5.74, 6) is -0.374. The second kappa shape index (κ2) is 4.42. The summed E-state index contributed by atoms with van der Waals surface area (Å²) >= 11 is 0. The number of hydrogen-bond donors (Lipinski definition) is 2. The molecule has 0 aliphatic carbocycles. The van der Waals surface area contributed by atoms with Gasteiger partial charge >= 0.3 is 0 Å². The first-order valence-corrected chi connectivity index (χ1v) is 4.21.